The predicted molar refractivity (Wildman–Crippen MR) is 81.2 cm³/mol. The number of halogens is 2. The van der Waals surface area contributed by atoms with Gasteiger partial charge in [-0.3, -0.25) is 4.98 Å². The van der Waals surface area contributed by atoms with E-state index in [9.17, 15) is 18.7 Å². The summed E-state index contributed by atoms with van der Waals surface area (Å²) in [6.07, 6.45) is 1.41. The molecule has 0 saturated carbocycles. The fourth-order valence-electron chi connectivity index (χ4n) is 2.42. The minimum Gasteiger partial charge on any atom is -0.494 e. The van der Waals surface area contributed by atoms with Gasteiger partial charge < -0.3 is 14.7 Å². The molecule has 1 aromatic heterocycles. The number of methoxy groups -OCH3 is 1. The number of nitriles is 1. The highest BCUT2D eigenvalue weighted by atomic mass is 19.3. The van der Waals surface area contributed by atoms with E-state index in [0.29, 0.717) is 0 Å². The van der Waals surface area contributed by atoms with Crippen LogP contribution in [0, 0.1) is 11.3 Å². The van der Waals surface area contributed by atoms with E-state index < -0.39 is 18.1 Å². The van der Waals surface area contributed by atoms with Crippen molar-refractivity contribution in [1.82, 2.24) is 9.88 Å². The van der Waals surface area contributed by atoms with Gasteiger partial charge in [-0.2, -0.15) is 5.26 Å². The standard InChI is InChI=1S/C16H15F2N3O3/c1-21-8-12(16(22)23)10(5-9(21)3-4-19)11-6-13(15(17)18)20-7-14(11)24-2/h5-9,15H,3H2,1-2H3,(H,22,23). The van der Waals surface area contributed by atoms with Crippen molar-refractivity contribution in [3.05, 3.63) is 41.4 Å². The Hall–Kier alpha value is -2.95. The van der Waals surface area contributed by atoms with Crippen LogP contribution in [0.2, 0.25) is 0 Å². The average Bonchev–Trinajstić information content (AvgIpc) is 2.55. The van der Waals surface area contributed by atoms with Crippen LogP contribution in [0.5, 0.6) is 5.75 Å². The lowest BCUT2D eigenvalue weighted by atomic mass is 9.92. The first-order valence-corrected chi connectivity index (χ1v) is 6.97. The van der Waals surface area contributed by atoms with Crippen molar-refractivity contribution >= 4 is 11.5 Å². The van der Waals surface area contributed by atoms with Gasteiger partial charge in [0.05, 0.1) is 37.4 Å². The third-order valence-electron chi connectivity index (χ3n) is 3.66. The summed E-state index contributed by atoms with van der Waals surface area (Å²) in [5.41, 5.74) is -0.127. The van der Waals surface area contributed by atoms with Crippen molar-refractivity contribution in [3.8, 4) is 11.8 Å². The Morgan fingerprint density at radius 1 is 1.58 bits per heavy atom. The maximum absolute atomic E-state index is 13.0. The van der Waals surface area contributed by atoms with E-state index in [4.69, 9.17) is 10.00 Å². The normalized spacial score (nSPS) is 17.2. The zero-order valence-corrected chi connectivity index (χ0v) is 13.0. The van der Waals surface area contributed by atoms with Crippen LogP contribution < -0.4 is 4.74 Å². The number of likely N-dealkylation sites (N-methyl/N-ethyl adjacent to an activating group) is 1. The topological polar surface area (TPSA) is 86.5 Å². The van der Waals surface area contributed by atoms with E-state index in [-0.39, 0.29) is 34.9 Å². The number of carbonyl (C=O) groups is 1. The summed E-state index contributed by atoms with van der Waals surface area (Å²) < 4.78 is 31.1. The first-order chi connectivity index (χ1) is 11.4. The summed E-state index contributed by atoms with van der Waals surface area (Å²) in [6, 6.07) is 2.75. The van der Waals surface area contributed by atoms with Gasteiger partial charge in [0, 0.05) is 18.8 Å². The highest BCUT2D eigenvalue weighted by molar-refractivity contribution is 6.06. The minimum atomic E-state index is -2.80. The summed E-state index contributed by atoms with van der Waals surface area (Å²) in [6.45, 7) is 0. The van der Waals surface area contributed by atoms with E-state index in [1.165, 1.54) is 13.3 Å². The van der Waals surface area contributed by atoms with Gasteiger partial charge >= 0.3 is 5.97 Å². The number of carboxylic acids is 1. The first-order valence-electron chi connectivity index (χ1n) is 6.97. The molecule has 24 heavy (non-hydrogen) atoms. The third-order valence-corrected chi connectivity index (χ3v) is 3.66. The van der Waals surface area contributed by atoms with E-state index in [1.807, 2.05) is 6.07 Å². The Labute approximate surface area is 137 Å². The van der Waals surface area contributed by atoms with E-state index in [1.54, 1.807) is 18.0 Å². The molecule has 0 fully saturated rings. The Morgan fingerprint density at radius 2 is 2.29 bits per heavy atom. The van der Waals surface area contributed by atoms with Crippen molar-refractivity contribution in [2.24, 2.45) is 0 Å². The molecule has 8 heteroatoms. The molecule has 6 nitrogen and oxygen atoms in total. The second kappa shape index (κ2) is 7.08. The minimum absolute atomic E-state index is 0.0728. The number of aromatic nitrogens is 1. The number of alkyl halides is 2. The predicted octanol–water partition coefficient (Wildman–Crippen LogP) is 2.61. The molecule has 0 bridgehead atoms. The molecule has 0 saturated heterocycles. The molecule has 0 aromatic carbocycles. The second-order valence-electron chi connectivity index (χ2n) is 5.13. The molecule has 2 heterocycles. The lowest BCUT2D eigenvalue weighted by Crippen LogP contribution is -2.30. The lowest BCUT2D eigenvalue weighted by molar-refractivity contribution is -0.132. The number of ether oxygens (including phenoxy) is 1. The Kier molecular flexibility index (Phi) is 5.14. The average molecular weight is 335 g/mol. The fourth-order valence-corrected chi connectivity index (χ4v) is 2.42. The summed E-state index contributed by atoms with van der Waals surface area (Å²) in [5, 5.41) is 18.3. The summed E-state index contributed by atoms with van der Waals surface area (Å²) in [4.78, 5) is 16.8. The highest BCUT2D eigenvalue weighted by Crippen LogP contribution is 2.36. The molecular formula is C16H15F2N3O3. The maximum atomic E-state index is 13.0. The molecular weight excluding hydrogens is 320 g/mol. The molecule has 1 aliphatic rings. The number of pyridine rings is 1. The van der Waals surface area contributed by atoms with Gasteiger partial charge in [-0.1, -0.05) is 6.08 Å². The van der Waals surface area contributed by atoms with Crippen LogP contribution in [0.25, 0.3) is 5.57 Å². The van der Waals surface area contributed by atoms with Gasteiger partial charge in [0.2, 0.25) is 0 Å². The maximum Gasteiger partial charge on any atom is 0.337 e. The molecule has 1 aromatic rings. The largest absolute Gasteiger partial charge is 0.494 e. The van der Waals surface area contributed by atoms with Crippen molar-refractivity contribution in [2.45, 2.75) is 18.9 Å². The second-order valence-corrected chi connectivity index (χ2v) is 5.13. The first kappa shape index (κ1) is 17.4. The summed E-state index contributed by atoms with van der Waals surface area (Å²) in [7, 11) is 2.99. The van der Waals surface area contributed by atoms with Crippen molar-refractivity contribution in [2.75, 3.05) is 14.2 Å². The van der Waals surface area contributed by atoms with Gasteiger partial charge in [-0.05, 0) is 11.6 Å². The van der Waals surface area contributed by atoms with Crippen LogP contribution >= 0.6 is 0 Å². The summed E-state index contributed by atoms with van der Waals surface area (Å²) >= 11 is 0. The molecule has 0 radical (unpaired) electrons. The molecule has 1 atom stereocenters. The van der Waals surface area contributed by atoms with E-state index in [0.717, 1.165) is 12.3 Å². The zero-order chi connectivity index (χ0) is 17.9. The molecule has 126 valence electrons. The number of hydrogen-bond donors (Lipinski definition) is 1. The Morgan fingerprint density at radius 3 is 2.83 bits per heavy atom. The van der Waals surface area contributed by atoms with Gasteiger partial charge in [0.25, 0.3) is 6.43 Å². The molecule has 1 aliphatic heterocycles. The smallest absolute Gasteiger partial charge is 0.337 e. The highest BCUT2D eigenvalue weighted by Gasteiger charge is 2.27. The van der Waals surface area contributed by atoms with Gasteiger partial charge in [0.15, 0.2) is 0 Å². The van der Waals surface area contributed by atoms with Crippen LogP contribution in [0.15, 0.2) is 30.1 Å². The van der Waals surface area contributed by atoms with Crippen molar-refractivity contribution in [3.63, 3.8) is 0 Å². The number of rotatable bonds is 5. The van der Waals surface area contributed by atoms with Crippen LogP contribution in [-0.4, -0.2) is 41.2 Å². The van der Waals surface area contributed by atoms with Gasteiger partial charge in [-0.25, -0.2) is 13.6 Å². The van der Waals surface area contributed by atoms with Crippen LogP contribution in [0.1, 0.15) is 24.1 Å². The van der Waals surface area contributed by atoms with Gasteiger partial charge in [-0.15, -0.1) is 0 Å². The van der Waals surface area contributed by atoms with Crippen molar-refractivity contribution < 1.29 is 23.4 Å². The SMILES string of the molecule is COc1cnc(C(F)F)cc1C1=CC(CC#N)N(C)C=C1C(=O)O. The van der Waals surface area contributed by atoms with E-state index >= 15 is 0 Å². The molecule has 1 N–H and O–H groups in total. The van der Waals surface area contributed by atoms with Crippen LogP contribution in [0.3, 0.4) is 0 Å². The molecule has 2 rings (SSSR count). The van der Waals surface area contributed by atoms with Gasteiger partial charge in [0.1, 0.15) is 11.4 Å². The third kappa shape index (κ3) is 3.35. The monoisotopic (exact) mass is 335 g/mol. The molecule has 0 amide bonds. The quantitative estimate of drug-likeness (QED) is 0.890. The number of carboxylic acid groups (broad SMARTS) is 1. The Bertz CT molecular complexity index is 753. The molecule has 0 spiro atoms. The number of hydrogen-bond acceptors (Lipinski definition) is 5. The van der Waals surface area contributed by atoms with Crippen LogP contribution in [-0.2, 0) is 4.79 Å². The van der Waals surface area contributed by atoms with Crippen LogP contribution in [0.4, 0.5) is 8.78 Å². The van der Waals surface area contributed by atoms with E-state index in [2.05, 4.69) is 4.98 Å². The summed E-state index contributed by atoms with van der Waals surface area (Å²) in [5.74, 6) is -1.03. The number of nitrogens with zero attached hydrogens (tertiary/aromatic N) is 3. The molecule has 0 aliphatic carbocycles. The molecule has 1 unspecified atom stereocenters. The number of aliphatic carboxylic acids is 1. The lowest BCUT2D eigenvalue weighted by Gasteiger charge is -2.29. The van der Waals surface area contributed by atoms with Crippen molar-refractivity contribution in [1.29, 1.82) is 5.26 Å². The fraction of sp³-hybridized carbons (Fsp3) is 0.312. The zero-order valence-electron chi connectivity index (χ0n) is 13.0. The Balaban J connectivity index is 2.63.